The number of likely N-dealkylation sites (tertiary alicyclic amines) is 1. The summed E-state index contributed by atoms with van der Waals surface area (Å²) in [5.41, 5.74) is 7.34. The molecule has 2 rings (SSSR count). The Bertz CT molecular complexity index is 456. The van der Waals surface area contributed by atoms with Crippen molar-refractivity contribution in [2.75, 3.05) is 19.6 Å². The first-order valence-corrected chi connectivity index (χ1v) is 7.76. The third-order valence-electron chi connectivity index (χ3n) is 4.84. The van der Waals surface area contributed by atoms with Crippen LogP contribution in [0, 0.1) is 11.2 Å². The van der Waals surface area contributed by atoms with Crippen LogP contribution >= 0.6 is 11.6 Å². The van der Waals surface area contributed by atoms with Crippen LogP contribution in [-0.4, -0.2) is 24.5 Å². The van der Waals surface area contributed by atoms with Gasteiger partial charge in [0.1, 0.15) is 5.82 Å². The van der Waals surface area contributed by atoms with Crippen molar-refractivity contribution in [1.29, 1.82) is 0 Å². The maximum absolute atomic E-state index is 13.2. The van der Waals surface area contributed by atoms with Gasteiger partial charge >= 0.3 is 0 Å². The number of rotatable bonds is 4. The smallest absolute Gasteiger partial charge is 0.124 e. The average molecular weight is 299 g/mol. The Kier molecular flexibility index (Phi) is 5.05. The van der Waals surface area contributed by atoms with Crippen molar-refractivity contribution >= 4 is 11.6 Å². The third kappa shape index (κ3) is 3.33. The molecule has 1 heterocycles. The largest absolute Gasteiger partial charge is 0.329 e. The summed E-state index contributed by atoms with van der Waals surface area (Å²) >= 11 is 6.18. The minimum atomic E-state index is -0.299. The highest BCUT2D eigenvalue weighted by molar-refractivity contribution is 6.31. The zero-order valence-corrected chi connectivity index (χ0v) is 13.1. The molecule has 1 unspecified atom stereocenters. The fourth-order valence-corrected chi connectivity index (χ4v) is 3.27. The van der Waals surface area contributed by atoms with Gasteiger partial charge in [-0.3, -0.25) is 4.90 Å². The van der Waals surface area contributed by atoms with E-state index in [0.717, 1.165) is 18.7 Å². The van der Waals surface area contributed by atoms with Gasteiger partial charge in [0.25, 0.3) is 0 Å². The van der Waals surface area contributed by atoms with Crippen molar-refractivity contribution in [1.82, 2.24) is 4.90 Å². The lowest BCUT2D eigenvalue weighted by Crippen LogP contribution is -2.42. The quantitative estimate of drug-likeness (QED) is 0.910. The molecule has 1 aromatic rings. The minimum Gasteiger partial charge on any atom is -0.329 e. The topological polar surface area (TPSA) is 29.3 Å². The first-order chi connectivity index (χ1) is 9.49. The molecule has 0 aromatic heterocycles. The monoisotopic (exact) mass is 298 g/mol. The predicted molar refractivity (Wildman–Crippen MR) is 82.4 cm³/mol. The first-order valence-electron chi connectivity index (χ1n) is 7.38. The molecule has 0 saturated carbocycles. The Morgan fingerprint density at radius 2 is 2.05 bits per heavy atom. The van der Waals surface area contributed by atoms with Crippen LogP contribution in [0.2, 0.25) is 5.02 Å². The Balaban J connectivity index is 2.13. The lowest BCUT2D eigenvalue weighted by Gasteiger charge is -2.42. The number of benzene rings is 1. The number of nitrogens with two attached hydrogens (primary N) is 1. The number of halogens is 2. The molecular weight excluding hydrogens is 275 g/mol. The summed E-state index contributed by atoms with van der Waals surface area (Å²) in [5, 5.41) is 0.476. The normalized spacial score (nSPS) is 20.9. The van der Waals surface area contributed by atoms with Gasteiger partial charge in [-0.1, -0.05) is 37.9 Å². The minimum absolute atomic E-state index is 0.0875. The fraction of sp³-hybridized carbons (Fsp3) is 0.625. The predicted octanol–water partition coefficient (Wildman–Crippen LogP) is 3.99. The Morgan fingerprint density at radius 3 is 2.55 bits per heavy atom. The molecule has 4 heteroatoms. The van der Waals surface area contributed by atoms with Crippen LogP contribution in [0.4, 0.5) is 4.39 Å². The molecule has 1 atom stereocenters. The van der Waals surface area contributed by atoms with Crippen molar-refractivity contribution < 1.29 is 4.39 Å². The second-order valence-electron chi connectivity index (χ2n) is 6.12. The van der Waals surface area contributed by atoms with Crippen molar-refractivity contribution in [3.63, 3.8) is 0 Å². The van der Waals surface area contributed by atoms with E-state index in [-0.39, 0.29) is 11.9 Å². The third-order valence-corrected chi connectivity index (χ3v) is 5.17. The van der Waals surface area contributed by atoms with Gasteiger partial charge in [0.2, 0.25) is 0 Å². The van der Waals surface area contributed by atoms with E-state index in [2.05, 4.69) is 18.7 Å². The van der Waals surface area contributed by atoms with Crippen LogP contribution in [0.5, 0.6) is 0 Å². The molecule has 1 aliphatic rings. The molecule has 112 valence electrons. The van der Waals surface area contributed by atoms with Gasteiger partial charge in [0, 0.05) is 17.6 Å². The SMILES string of the molecule is CCC1(C)CCN(C(CN)c2ccc(F)cc2Cl)CC1. The molecule has 1 saturated heterocycles. The summed E-state index contributed by atoms with van der Waals surface area (Å²) in [4.78, 5) is 2.39. The molecule has 0 aliphatic carbocycles. The first kappa shape index (κ1) is 15.7. The van der Waals surface area contributed by atoms with Gasteiger partial charge in [-0.05, 0) is 49.0 Å². The molecule has 0 spiro atoms. The molecule has 1 fully saturated rings. The summed E-state index contributed by atoms with van der Waals surface area (Å²) < 4.78 is 13.2. The van der Waals surface area contributed by atoms with E-state index in [1.165, 1.54) is 31.4 Å². The molecule has 2 nitrogen and oxygen atoms in total. The lowest BCUT2D eigenvalue weighted by molar-refractivity contribution is 0.0829. The van der Waals surface area contributed by atoms with Crippen LogP contribution in [-0.2, 0) is 0 Å². The molecule has 1 aliphatic heterocycles. The van der Waals surface area contributed by atoms with E-state index in [0.29, 0.717) is 17.0 Å². The van der Waals surface area contributed by atoms with Gasteiger partial charge < -0.3 is 5.73 Å². The Morgan fingerprint density at radius 1 is 1.40 bits per heavy atom. The highest BCUT2D eigenvalue weighted by Crippen LogP contribution is 2.37. The molecule has 0 amide bonds. The van der Waals surface area contributed by atoms with Gasteiger partial charge in [-0.2, -0.15) is 0 Å². The van der Waals surface area contributed by atoms with Crippen LogP contribution < -0.4 is 5.73 Å². The molecule has 1 aromatic carbocycles. The Labute approximate surface area is 126 Å². The van der Waals surface area contributed by atoms with Crippen LogP contribution in [0.3, 0.4) is 0 Å². The van der Waals surface area contributed by atoms with Gasteiger partial charge in [0.15, 0.2) is 0 Å². The van der Waals surface area contributed by atoms with E-state index in [9.17, 15) is 4.39 Å². The lowest BCUT2D eigenvalue weighted by atomic mass is 9.78. The van der Waals surface area contributed by atoms with Crippen LogP contribution in [0.1, 0.15) is 44.7 Å². The summed E-state index contributed by atoms with van der Waals surface area (Å²) in [6.45, 7) is 7.17. The zero-order valence-electron chi connectivity index (χ0n) is 12.3. The molecule has 0 radical (unpaired) electrons. The maximum Gasteiger partial charge on any atom is 0.124 e. The molecule has 20 heavy (non-hydrogen) atoms. The van der Waals surface area contributed by atoms with Gasteiger partial charge in [-0.25, -0.2) is 4.39 Å². The molecular formula is C16H24ClFN2. The van der Waals surface area contributed by atoms with Crippen molar-refractivity contribution in [2.24, 2.45) is 11.1 Å². The maximum atomic E-state index is 13.2. The van der Waals surface area contributed by atoms with Crippen LogP contribution in [0.15, 0.2) is 18.2 Å². The summed E-state index contributed by atoms with van der Waals surface area (Å²) in [5.74, 6) is -0.299. The second kappa shape index (κ2) is 6.42. The number of piperidine rings is 1. The highest BCUT2D eigenvalue weighted by Gasteiger charge is 2.32. The Hall–Kier alpha value is -0.640. The number of hydrogen-bond donors (Lipinski definition) is 1. The van der Waals surface area contributed by atoms with E-state index in [4.69, 9.17) is 17.3 Å². The highest BCUT2D eigenvalue weighted by atomic mass is 35.5. The average Bonchev–Trinajstić information content (AvgIpc) is 2.44. The van der Waals surface area contributed by atoms with Crippen molar-refractivity contribution in [2.45, 2.75) is 39.2 Å². The van der Waals surface area contributed by atoms with E-state index in [1.54, 1.807) is 6.07 Å². The van der Waals surface area contributed by atoms with Gasteiger partial charge in [-0.15, -0.1) is 0 Å². The number of nitrogens with zero attached hydrogens (tertiary/aromatic N) is 1. The van der Waals surface area contributed by atoms with E-state index < -0.39 is 0 Å². The van der Waals surface area contributed by atoms with Crippen LogP contribution in [0.25, 0.3) is 0 Å². The van der Waals surface area contributed by atoms with Gasteiger partial charge in [0.05, 0.1) is 0 Å². The number of hydrogen-bond acceptors (Lipinski definition) is 2. The summed E-state index contributed by atoms with van der Waals surface area (Å²) in [7, 11) is 0. The fourth-order valence-electron chi connectivity index (χ4n) is 2.97. The van der Waals surface area contributed by atoms with E-state index in [1.807, 2.05) is 0 Å². The molecule has 2 N–H and O–H groups in total. The zero-order chi connectivity index (χ0) is 14.8. The summed E-state index contributed by atoms with van der Waals surface area (Å²) in [6.07, 6.45) is 3.57. The summed E-state index contributed by atoms with van der Waals surface area (Å²) in [6, 6.07) is 4.69. The standard InChI is InChI=1S/C16H24ClFN2/c1-3-16(2)6-8-20(9-7-16)15(11-19)13-5-4-12(18)10-14(13)17/h4-5,10,15H,3,6-9,11,19H2,1-2H3. The van der Waals surface area contributed by atoms with E-state index >= 15 is 0 Å². The second-order valence-corrected chi connectivity index (χ2v) is 6.52. The van der Waals surface area contributed by atoms with Crippen molar-refractivity contribution in [3.05, 3.63) is 34.6 Å². The molecule has 0 bridgehead atoms. The van der Waals surface area contributed by atoms with Crippen molar-refractivity contribution in [3.8, 4) is 0 Å².